The summed E-state index contributed by atoms with van der Waals surface area (Å²) in [6, 6.07) is 15.8. The number of hydrogen-bond donors (Lipinski definition) is 2. The van der Waals surface area contributed by atoms with E-state index in [9.17, 15) is 27.6 Å². The van der Waals surface area contributed by atoms with Crippen molar-refractivity contribution in [1.29, 1.82) is 0 Å². The zero-order chi connectivity index (χ0) is 24.7. The Hall–Kier alpha value is -3.92. The average molecular weight is 492 g/mol. The Morgan fingerprint density at radius 3 is 2.21 bits per heavy atom. The van der Waals surface area contributed by atoms with E-state index >= 15 is 0 Å². The largest absolute Gasteiger partial charge is 0.454 e. The summed E-state index contributed by atoms with van der Waals surface area (Å²) in [5.41, 5.74) is -0.344. The summed E-state index contributed by atoms with van der Waals surface area (Å²) >= 11 is 5.76. The Morgan fingerprint density at radius 2 is 1.62 bits per heavy atom. The molecule has 3 rings (SSSR count). The number of benzene rings is 2. The predicted molar refractivity (Wildman–Crippen MR) is 117 cm³/mol. The molecule has 1 unspecified atom stereocenters. The molecule has 3 aromatic rings. The van der Waals surface area contributed by atoms with E-state index in [1.807, 2.05) is 0 Å². The quantitative estimate of drug-likeness (QED) is 0.477. The number of alkyl halides is 3. The van der Waals surface area contributed by atoms with Gasteiger partial charge in [0.15, 0.2) is 18.5 Å². The maximum atomic E-state index is 12.7. The molecule has 0 saturated heterocycles. The number of amides is 2. The van der Waals surface area contributed by atoms with Gasteiger partial charge in [0.2, 0.25) is 0 Å². The van der Waals surface area contributed by atoms with Gasteiger partial charge in [-0.1, -0.05) is 60.1 Å². The number of anilines is 1. The fourth-order valence-corrected chi connectivity index (χ4v) is 3.01. The van der Waals surface area contributed by atoms with Gasteiger partial charge in [-0.15, -0.1) is 0 Å². The Kier molecular flexibility index (Phi) is 7.85. The van der Waals surface area contributed by atoms with Crippen LogP contribution in [-0.4, -0.2) is 29.4 Å². The van der Waals surface area contributed by atoms with Gasteiger partial charge in [-0.05, 0) is 23.8 Å². The predicted octanol–water partition coefficient (Wildman–Crippen LogP) is 4.41. The van der Waals surface area contributed by atoms with Crippen LogP contribution in [0.4, 0.5) is 19.0 Å². The van der Waals surface area contributed by atoms with Crippen LogP contribution in [0.2, 0.25) is 5.02 Å². The van der Waals surface area contributed by atoms with E-state index in [0.29, 0.717) is 23.4 Å². The molecule has 0 bridgehead atoms. The molecule has 0 aliphatic carbocycles. The highest BCUT2D eigenvalue weighted by Gasteiger charge is 2.32. The Bertz CT molecular complexity index is 1180. The minimum atomic E-state index is -4.65. The molecule has 0 radical (unpaired) electrons. The van der Waals surface area contributed by atoms with Crippen LogP contribution < -0.4 is 10.6 Å². The second-order valence-electron chi connectivity index (χ2n) is 6.89. The lowest BCUT2D eigenvalue weighted by atomic mass is 10.1. The van der Waals surface area contributed by atoms with Crippen LogP contribution in [0.15, 0.2) is 72.9 Å². The average Bonchev–Trinajstić information content (AvgIpc) is 2.82. The summed E-state index contributed by atoms with van der Waals surface area (Å²) in [5.74, 6) is -2.66. The van der Waals surface area contributed by atoms with Gasteiger partial charge in [-0.2, -0.15) is 13.2 Å². The zero-order valence-electron chi connectivity index (χ0n) is 17.3. The fourth-order valence-electron chi connectivity index (χ4n) is 2.80. The lowest BCUT2D eigenvalue weighted by Gasteiger charge is -2.18. The maximum Gasteiger partial charge on any atom is 0.417 e. The van der Waals surface area contributed by atoms with E-state index in [-0.39, 0.29) is 5.82 Å². The minimum Gasteiger partial charge on any atom is -0.454 e. The number of rotatable bonds is 7. The molecule has 1 aromatic heterocycles. The Balaban J connectivity index is 1.66. The molecule has 0 spiro atoms. The smallest absolute Gasteiger partial charge is 0.417 e. The first-order valence-electron chi connectivity index (χ1n) is 9.75. The van der Waals surface area contributed by atoms with E-state index in [0.717, 1.165) is 0 Å². The molecule has 11 heteroatoms. The van der Waals surface area contributed by atoms with E-state index in [1.165, 1.54) is 0 Å². The number of nitrogens with one attached hydrogen (secondary N) is 2. The third-order valence-electron chi connectivity index (χ3n) is 4.45. The molecule has 2 N–H and O–H groups in total. The van der Waals surface area contributed by atoms with Gasteiger partial charge in [-0.3, -0.25) is 9.59 Å². The number of pyridine rings is 1. The Labute approximate surface area is 196 Å². The SMILES string of the molecule is O=C(COC(=O)C(NC(=O)c1ccccc1)c1ccccc1)Nc1ncc(C(F)(F)F)cc1Cl. The maximum absolute atomic E-state index is 12.7. The highest BCUT2D eigenvalue weighted by molar-refractivity contribution is 6.33. The van der Waals surface area contributed by atoms with Crippen molar-refractivity contribution in [2.24, 2.45) is 0 Å². The number of aromatic nitrogens is 1. The van der Waals surface area contributed by atoms with Gasteiger partial charge in [0, 0.05) is 11.8 Å². The van der Waals surface area contributed by atoms with Gasteiger partial charge < -0.3 is 15.4 Å². The van der Waals surface area contributed by atoms with Crippen molar-refractivity contribution < 1.29 is 32.3 Å². The molecule has 2 amide bonds. The van der Waals surface area contributed by atoms with E-state index < -0.39 is 47.2 Å². The normalized spacial score (nSPS) is 11.9. The summed E-state index contributed by atoms with van der Waals surface area (Å²) in [7, 11) is 0. The summed E-state index contributed by atoms with van der Waals surface area (Å²) in [4.78, 5) is 40.9. The first-order valence-corrected chi connectivity index (χ1v) is 10.1. The second kappa shape index (κ2) is 10.8. The molecule has 0 aliphatic rings. The van der Waals surface area contributed by atoms with Crippen LogP contribution in [0, 0.1) is 0 Å². The molecule has 0 fully saturated rings. The van der Waals surface area contributed by atoms with Crippen molar-refractivity contribution in [2.45, 2.75) is 12.2 Å². The molecule has 176 valence electrons. The first kappa shape index (κ1) is 24.7. The summed E-state index contributed by atoms with van der Waals surface area (Å²) in [6.45, 7) is -0.789. The standard InChI is InChI=1S/C23H17ClF3N3O4/c24-17-11-16(23(25,26)27)12-28-20(17)29-18(31)13-34-22(33)19(14-7-3-1-4-8-14)30-21(32)15-9-5-2-6-10-15/h1-12,19H,13H2,(H,30,32)(H,28,29,31). The van der Waals surface area contributed by atoms with Crippen molar-refractivity contribution in [2.75, 3.05) is 11.9 Å². The number of carbonyl (C=O) groups excluding carboxylic acids is 3. The Morgan fingerprint density at radius 1 is 1.00 bits per heavy atom. The molecule has 2 aromatic carbocycles. The van der Waals surface area contributed by atoms with Crippen LogP contribution in [0.5, 0.6) is 0 Å². The second-order valence-corrected chi connectivity index (χ2v) is 7.30. The number of esters is 1. The van der Waals surface area contributed by atoms with Gasteiger partial charge in [0.05, 0.1) is 10.6 Å². The molecular weight excluding hydrogens is 475 g/mol. The fraction of sp³-hybridized carbons (Fsp3) is 0.130. The third-order valence-corrected chi connectivity index (χ3v) is 4.74. The van der Waals surface area contributed by atoms with E-state index in [4.69, 9.17) is 16.3 Å². The molecule has 0 saturated carbocycles. The van der Waals surface area contributed by atoms with E-state index in [2.05, 4.69) is 15.6 Å². The monoisotopic (exact) mass is 491 g/mol. The van der Waals surface area contributed by atoms with Crippen molar-refractivity contribution >= 4 is 35.2 Å². The van der Waals surface area contributed by atoms with Crippen molar-refractivity contribution in [1.82, 2.24) is 10.3 Å². The summed E-state index contributed by atoms with van der Waals surface area (Å²) < 4.78 is 43.2. The van der Waals surface area contributed by atoms with Gasteiger partial charge in [0.25, 0.3) is 11.8 Å². The van der Waals surface area contributed by atoms with Crippen LogP contribution in [0.3, 0.4) is 0 Å². The molecule has 7 nitrogen and oxygen atoms in total. The summed E-state index contributed by atoms with van der Waals surface area (Å²) in [6.07, 6.45) is -4.14. The van der Waals surface area contributed by atoms with Crippen LogP contribution in [-0.2, 0) is 20.5 Å². The molecular formula is C23H17ClF3N3O4. The molecule has 1 atom stereocenters. The van der Waals surface area contributed by atoms with Crippen molar-refractivity contribution in [3.05, 3.63) is 94.6 Å². The van der Waals surface area contributed by atoms with Crippen LogP contribution in [0.25, 0.3) is 0 Å². The molecule has 0 aliphatic heterocycles. The summed E-state index contributed by atoms with van der Waals surface area (Å²) in [5, 5.41) is 4.30. The zero-order valence-corrected chi connectivity index (χ0v) is 18.1. The molecule has 1 heterocycles. The highest BCUT2D eigenvalue weighted by Crippen LogP contribution is 2.32. The number of hydrogen-bond acceptors (Lipinski definition) is 5. The third kappa shape index (κ3) is 6.55. The first-order chi connectivity index (χ1) is 16.1. The van der Waals surface area contributed by atoms with Crippen LogP contribution in [0.1, 0.15) is 27.5 Å². The lowest BCUT2D eigenvalue weighted by molar-refractivity contribution is -0.149. The lowest BCUT2D eigenvalue weighted by Crippen LogP contribution is -2.36. The van der Waals surface area contributed by atoms with Crippen LogP contribution >= 0.6 is 11.6 Å². The number of ether oxygens (including phenoxy) is 1. The van der Waals surface area contributed by atoms with Gasteiger partial charge in [-0.25, -0.2) is 9.78 Å². The van der Waals surface area contributed by atoms with Gasteiger partial charge >= 0.3 is 12.1 Å². The number of carbonyl (C=O) groups is 3. The van der Waals surface area contributed by atoms with Crippen molar-refractivity contribution in [3.8, 4) is 0 Å². The topological polar surface area (TPSA) is 97.4 Å². The highest BCUT2D eigenvalue weighted by atomic mass is 35.5. The van der Waals surface area contributed by atoms with Crippen molar-refractivity contribution in [3.63, 3.8) is 0 Å². The van der Waals surface area contributed by atoms with E-state index in [1.54, 1.807) is 60.7 Å². The minimum absolute atomic E-state index is 0.317. The number of nitrogens with zero attached hydrogens (tertiary/aromatic N) is 1. The van der Waals surface area contributed by atoms with Gasteiger partial charge in [0.1, 0.15) is 0 Å². The number of halogens is 4. The molecule has 34 heavy (non-hydrogen) atoms.